The number of hydrogen-bond acceptors (Lipinski definition) is 6. The van der Waals surface area contributed by atoms with Crippen molar-refractivity contribution >= 4 is 23.6 Å². The second-order valence-corrected chi connectivity index (χ2v) is 8.02. The Morgan fingerprint density at radius 2 is 2.30 bits per heavy atom. The Hall–Kier alpha value is -2.59. The summed E-state index contributed by atoms with van der Waals surface area (Å²) >= 11 is 1.54. The van der Waals surface area contributed by atoms with Crippen LogP contribution in [-0.4, -0.2) is 64.8 Å². The van der Waals surface area contributed by atoms with Crippen LogP contribution in [-0.2, 0) is 23.2 Å². The normalized spacial score (nSPS) is 16.9. The summed E-state index contributed by atoms with van der Waals surface area (Å²) in [7, 11) is 3.39. The largest absolute Gasteiger partial charge is 0.497 e. The maximum atomic E-state index is 14.3. The number of aromatic nitrogens is 2. The topological polar surface area (TPSA) is 88.5 Å². The quantitative estimate of drug-likeness (QED) is 0.454. The van der Waals surface area contributed by atoms with E-state index in [1.54, 1.807) is 30.1 Å². The molecule has 0 bridgehead atoms. The fourth-order valence-electron chi connectivity index (χ4n) is 3.25. The molecule has 1 aliphatic heterocycles. The summed E-state index contributed by atoms with van der Waals surface area (Å²) in [5.74, 6) is 0.293. The van der Waals surface area contributed by atoms with Gasteiger partial charge in [0.05, 0.1) is 19.6 Å². The number of carbonyl (C=O) groups excluding carboxylic acids is 2. The van der Waals surface area contributed by atoms with Crippen molar-refractivity contribution in [3.63, 3.8) is 0 Å². The van der Waals surface area contributed by atoms with E-state index >= 15 is 0 Å². The molecule has 0 spiro atoms. The van der Waals surface area contributed by atoms with Crippen molar-refractivity contribution < 1.29 is 18.7 Å². The standard InChI is InChI=1S/C20H26FN5O3S/c1-25-8-5-24-20(25)30-10-7-22-18(27)12-17-19(28)23-6-9-26(17)13-14-3-4-15(29-2)11-16(14)21/h3-5,8,11,17H,6-7,9-10,12-13H2,1-2H3,(H,22,27)(H,23,28)/t17-/m0/s1. The number of nitrogens with one attached hydrogen (secondary N) is 2. The number of nitrogens with zero attached hydrogens (tertiary/aromatic N) is 3. The van der Waals surface area contributed by atoms with E-state index in [0.717, 1.165) is 5.16 Å². The number of ether oxygens (including phenoxy) is 1. The SMILES string of the molecule is COc1ccc(CN2CCNC(=O)[C@@H]2CC(=O)NCCSc2nccn2C)c(F)c1. The molecule has 0 aliphatic carbocycles. The third-order valence-corrected chi connectivity index (χ3v) is 5.95. The van der Waals surface area contributed by atoms with Gasteiger partial charge in [0.25, 0.3) is 0 Å². The van der Waals surface area contributed by atoms with E-state index in [0.29, 0.717) is 36.7 Å². The van der Waals surface area contributed by atoms with Crippen LogP contribution in [0.4, 0.5) is 4.39 Å². The number of thioether (sulfide) groups is 1. The number of benzene rings is 1. The molecule has 0 saturated carbocycles. The second kappa shape index (κ2) is 10.4. The van der Waals surface area contributed by atoms with Gasteiger partial charge in [-0.15, -0.1) is 0 Å². The molecular weight excluding hydrogens is 409 g/mol. The van der Waals surface area contributed by atoms with Gasteiger partial charge in [0, 0.05) is 63.0 Å². The maximum Gasteiger partial charge on any atom is 0.237 e. The van der Waals surface area contributed by atoms with Gasteiger partial charge in [-0.3, -0.25) is 14.5 Å². The maximum absolute atomic E-state index is 14.3. The smallest absolute Gasteiger partial charge is 0.237 e. The zero-order valence-electron chi connectivity index (χ0n) is 17.1. The number of halogens is 1. The molecule has 1 aromatic heterocycles. The molecule has 2 N–H and O–H groups in total. The summed E-state index contributed by atoms with van der Waals surface area (Å²) in [6.07, 6.45) is 3.61. The first-order chi connectivity index (χ1) is 14.5. The van der Waals surface area contributed by atoms with Crippen LogP contribution in [0.2, 0.25) is 0 Å². The van der Waals surface area contributed by atoms with Crippen LogP contribution in [0.5, 0.6) is 5.75 Å². The van der Waals surface area contributed by atoms with Crippen LogP contribution < -0.4 is 15.4 Å². The van der Waals surface area contributed by atoms with Gasteiger partial charge in [-0.25, -0.2) is 9.37 Å². The lowest BCUT2D eigenvalue weighted by atomic mass is 10.1. The first-order valence-electron chi connectivity index (χ1n) is 9.69. The average Bonchev–Trinajstić information content (AvgIpc) is 3.14. The summed E-state index contributed by atoms with van der Waals surface area (Å²) in [5, 5.41) is 6.52. The van der Waals surface area contributed by atoms with Crippen LogP contribution in [0.15, 0.2) is 35.7 Å². The lowest BCUT2D eigenvalue weighted by molar-refractivity contribution is -0.134. The van der Waals surface area contributed by atoms with Crippen molar-refractivity contribution in [1.29, 1.82) is 0 Å². The van der Waals surface area contributed by atoms with Crippen LogP contribution >= 0.6 is 11.8 Å². The van der Waals surface area contributed by atoms with E-state index in [1.165, 1.54) is 13.2 Å². The third kappa shape index (κ3) is 5.73. The predicted molar refractivity (Wildman–Crippen MR) is 112 cm³/mol. The monoisotopic (exact) mass is 435 g/mol. The van der Waals surface area contributed by atoms with E-state index in [-0.39, 0.29) is 24.8 Å². The molecule has 3 rings (SSSR count). The number of hydrogen-bond donors (Lipinski definition) is 2. The highest BCUT2D eigenvalue weighted by molar-refractivity contribution is 7.99. The number of amides is 2. The molecular formula is C20H26FN5O3S. The summed E-state index contributed by atoms with van der Waals surface area (Å²) in [6.45, 7) is 1.73. The van der Waals surface area contributed by atoms with Gasteiger partial charge < -0.3 is 19.9 Å². The number of imidazole rings is 1. The van der Waals surface area contributed by atoms with Crippen molar-refractivity contribution in [1.82, 2.24) is 25.1 Å². The molecule has 1 aromatic carbocycles. The highest BCUT2D eigenvalue weighted by Crippen LogP contribution is 2.20. The van der Waals surface area contributed by atoms with E-state index in [4.69, 9.17) is 4.74 Å². The minimum absolute atomic E-state index is 0.0245. The minimum Gasteiger partial charge on any atom is -0.497 e. The van der Waals surface area contributed by atoms with Crippen molar-refractivity contribution in [2.75, 3.05) is 32.5 Å². The van der Waals surface area contributed by atoms with Crippen LogP contribution in [0, 0.1) is 5.82 Å². The molecule has 2 aromatic rings. The third-order valence-electron chi connectivity index (χ3n) is 4.89. The Morgan fingerprint density at radius 1 is 1.47 bits per heavy atom. The molecule has 30 heavy (non-hydrogen) atoms. The van der Waals surface area contributed by atoms with Gasteiger partial charge in [-0.05, 0) is 6.07 Å². The van der Waals surface area contributed by atoms with E-state index < -0.39 is 11.9 Å². The summed E-state index contributed by atoms with van der Waals surface area (Å²) < 4.78 is 21.3. The Labute approximate surface area is 179 Å². The summed E-state index contributed by atoms with van der Waals surface area (Å²) in [6, 6.07) is 4.01. The van der Waals surface area contributed by atoms with Gasteiger partial charge >= 0.3 is 0 Å². The zero-order valence-corrected chi connectivity index (χ0v) is 17.9. The fraction of sp³-hybridized carbons (Fsp3) is 0.450. The molecule has 2 amide bonds. The van der Waals surface area contributed by atoms with Gasteiger partial charge in [-0.2, -0.15) is 0 Å². The van der Waals surface area contributed by atoms with Gasteiger partial charge in [0.15, 0.2) is 5.16 Å². The Balaban J connectivity index is 1.53. The first kappa shape index (κ1) is 22.1. The number of rotatable bonds is 9. The van der Waals surface area contributed by atoms with Gasteiger partial charge in [-0.1, -0.05) is 17.8 Å². The zero-order chi connectivity index (χ0) is 21.5. The molecule has 1 fully saturated rings. The molecule has 1 saturated heterocycles. The van der Waals surface area contributed by atoms with Crippen molar-refractivity contribution in [3.8, 4) is 5.75 Å². The molecule has 1 atom stereocenters. The van der Waals surface area contributed by atoms with Gasteiger partial charge in [0.1, 0.15) is 11.6 Å². The molecule has 2 heterocycles. The molecule has 10 heteroatoms. The second-order valence-electron chi connectivity index (χ2n) is 6.96. The lowest BCUT2D eigenvalue weighted by Crippen LogP contribution is -2.56. The highest BCUT2D eigenvalue weighted by Gasteiger charge is 2.32. The van der Waals surface area contributed by atoms with E-state index in [2.05, 4.69) is 15.6 Å². The minimum atomic E-state index is -0.637. The van der Waals surface area contributed by atoms with Crippen LogP contribution in [0.25, 0.3) is 0 Å². The average molecular weight is 436 g/mol. The number of piperazine rings is 1. The Morgan fingerprint density at radius 3 is 3.00 bits per heavy atom. The molecule has 162 valence electrons. The number of aryl methyl sites for hydroxylation is 1. The van der Waals surface area contributed by atoms with Crippen molar-refractivity contribution in [3.05, 3.63) is 42.0 Å². The van der Waals surface area contributed by atoms with Gasteiger partial charge in [0.2, 0.25) is 11.8 Å². The number of carbonyl (C=O) groups is 2. The van der Waals surface area contributed by atoms with Crippen molar-refractivity contribution in [2.24, 2.45) is 7.05 Å². The Kier molecular flexibility index (Phi) is 7.69. The highest BCUT2D eigenvalue weighted by atomic mass is 32.2. The Bertz CT molecular complexity index is 891. The van der Waals surface area contributed by atoms with E-state index in [9.17, 15) is 14.0 Å². The fourth-order valence-corrected chi connectivity index (χ4v) is 4.03. The first-order valence-corrected chi connectivity index (χ1v) is 10.7. The number of methoxy groups -OCH3 is 1. The molecule has 0 unspecified atom stereocenters. The summed E-state index contributed by atoms with van der Waals surface area (Å²) in [5.41, 5.74) is 0.461. The molecule has 8 nitrogen and oxygen atoms in total. The van der Waals surface area contributed by atoms with Crippen LogP contribution in [0.3, 0.4) is 0 Å². The van der Waals surface area contributed by atoms with E-state index in [1.807, 2.05) is 22.7 Å². The molecule has 1 aliphatic rings. The van der Waals surface area contributed by atoms with Crippen molar-refractivity contribution in [2.45, 2.75) is 24.2 Å². The lowest BCUT2D eigenvalue weighted by Gasteiger charge is -2.34. The predicted octanol–water partition coefficient (Wildman–Crippen LogP) is 1.17. The summed E-state index contributed by atoms with van der Waals surface area (Å²) in [4.78, 5) is 30.8. The van der Waals surface area contributed by atoms with Crippen LogP contribution in [0.1, 0.15) is 12.0 Å². The molecule has 0 radical (unpaired) electrons.